The molecule has 0 saturated carbocycles. The van der Waals surface area contributed by atoms with Crippen molar-refractivity contribution >= 4 is 5.91 Å². The van der Waals surface area contributed by atoms with Crippen LogP contribution in [0.2, 0.25) is 0 Å². The molecule has 0 radical (unpaired) electrons. The molecule has 0 aromatic carbocycles. The predicted molar refractivity (Wildman–Crippen MR) is 58.0 cm³/mol. The van der Waals surface area contributed by atoms with E-state index in [-0.39, 0.29) is 7.33 Å². The van der Waals surface area contributed by atoms with Crippen molar-refractivity contribution in [2.75, 3.05) is 0 Å². The Bertz CT molecular complexity index is 319. The van der Waals surface area contributed by atoms with Crippen LogP contribution in [0.15, 0.2) is 12.1 Å². The van der Waals surface area contributed by atoms with Gasteiger partial charge in [0.2, 0.25) is 5.91 Å². The summed E-state index contributed by atoms with van der Waals surface area (Å²) < 4.78 is 0. The van der Waals surface area contributed by atoms with Gasteiger partial charge in [0.05, 0.1) is 12.2 Å². The van der Waals surface area contributed by atoms with Crippen molar-refractivity contribution in [3.05, 3.63) is 29.1 Å². The first-order chi connectivity index (χ1) is 6.61. The zero-order valence-corrected chi connectivity index (χ0v) is 8.92. The first-order valence-electron chi connectivity index (χ1n) is 4.82. The average molecular weight is 194 g/mol. The molecule has 0 aliphatic rings. The Kier molecular flexibility index (Phi) is 3.63. The smallest absolute Gasteiger partial charge is 0.220 e. The van der Waals surface area contributed by atoms with Crippen molar-refractivity contribution < 1.29 is 6.22 Å². The van der Waals surface area contributed by atoms with Gasteiger partial charge in [0.15, 0.2) is 0 Å². The number of carbonyl (C=O) groups is 1. The Hall–Kier alpha value is -1.38. The number of amides is 1. The molecular weight excluding hydrogens is 176 g/mol. The quantitative estimate of drug-likeness (QED) is 0.799. The molecular formula is C11H18N2O. The van der Waals surface area contributed by atoms with Crippen LogP contribution in [0.3, 0.4) is 0 Å². The first-order valence-corrected chi connectivity index (χ1v) is 4.82. The van der Waals surface area contributed by atoms with E-state index in [4.69, 9.17) is 0 Å². The van der Waals surface area contributed by atoms with Crippen molar-refractivity contribution in [3.63, 3.8) is 0 Å². The monoisotopic (exact) mass is 194 g/mol. The minimum Gasteiger partial charge on any atom is -0.350 e. The summed E-state index contributed by atoms with van der Waals surface area (Å²) in [4.78, 5) is 15.3. The Morgan fingerprint density at radius 3 is 2.79 bits per heavy atom. The standard InChI is InChI=1S/C11H16N2O.H2/c1-4-11(14)12-7-10-6-8(2)5-9(3)13-10;/h5-6H,4,7H2,1-3H3,(H,12,14);1H. The molecule has 14 heavy (non-hydrogen) atoms. The molecule has 0 unspecified atom stereocenters. The number of hydrogen-bond acceptors (Lipinski definition) is 2. The van der Waals surface area contributed by atoms with E-state index < -0.39 is 0 Å². The Balaban J connectivity index is 0.00000196. The fourth-order valence-electron chi connectivity index (χ4n) is 1.33. The molecule has 78 valence electrons. The number of pyridine rings is 1. The lowest BCUT2D eigenvalue weighted by Crippen LogP contribution is -2.22. The number of aromatic nitrogens is 1. The van der Waals surface area contributed by atoms with Crippen molar-refractivity contribution in [1.82, 2.24) is 10.3 Å². The molecule has 0 atom stereocenters. The van der Waals surface area contributed by atoms with Crippen LogP contribution in [-0.4, -0.2) is 10.9 Å². The van der Waals surface area contributed by atoms with Gasteiger partial charge in [-0.15, -0.1) is 0 Å². The van der Waals surface area contributed by atoms with E-state index in [0.29, 0.717) is 13.0 Å². The maximum Gasteiger partial charge on any atom is 0.220 e. The van der Waals surface area contributed by atoms with Gasteiger partial charge < -0.3 is 5.32 Å². The summed E-state index contributed by atoms with van der Waals surface area (Å²) in [6, 6.07) is 4.01. The molecule has 1 aromatic rings. The highest BCUT2D eigenvalue weighted by Crippen LogP contribution is 2.03. The van der Waals surface area contributed by atoms with Crippen LogP contribution in [0.4, 0.5) is 0 Å². The van der Waals surface area contributed by atoms with Crippen molar-refractivity contribution in [3.8, 4) is 0 Å². The highest BCUT2D eigenvalue weighted by Gasteiger charge is 2.00. The van der Waals surface area contributed by atoms with Gasteiger partial charge in [-0.3, -0.25) is 9.78 Å². The number of hydrogen-bond donors (Lipinski definition) is 1. The zero-order chi connectivity index (χ0) is 10.6. The second-order valence-corrected chi connectivity index (χ2v) is 3.41. The molecule has 3 nitrogen and oxygen atoms in total. The van der Waals surface area contributed by atoms with Gasteiger partial charge in [-0.2, -0.15) is 0 Å². The van der Waals surface area contributed by atoms with E-state index in [1.165, 1.54) is 5.56 Å². The summed E-state index contributed by atoms with van der Waals surface area (Å²) >= 11 is 0. The number of nitrogens with one attached hydrogen (secondary N) is 1. The summed E-state index contributed by atoms with van der Waals surface area (Å²) in [5, 5.41) is 2.80. The maximum atomic E-state index is 11.0. The number of aryl methyl sites for hydroxylation is 2. The van der Waals surface area contributed by atoms with Gasteiger partial charge >= 0.3 is 0 Å². The minimum absolute atomic E-state index is 0. The molecule has 0 aliphatic carbocycles. The summed E-state index contributed by atoms with van der Waals surface area (Å²) in [6.07, 6.45) is 0.519. The Labute approximate surface area is 86.0 Å². The lowest BCUT2D eigenvalue weighted by atomic mass is 10.2. The van der Waals surface area contributed by atoms with Crippen LogP contribution in [0.25, 0.3) is 0 Å². The molecule has 0 spiro atoms. The van der Waals surface area contributed by atoms with E-state index in [9.17, 15) is 4.79 Å². The van der Waals surface area contributed by atoms with Gasteiger partial charge in [-0.25, -0.2) is 0 Å². The fraction of sp³-hybridized carbons (Fsp3) is 0.455. The molecule has 0 saturated heterocycles. The number of nitrogens with zero attached hydrogens (tertiary/aromatic N) is 1. The number of carbonyl (C=O) groups excluding carboxylic acids is 1. The highest BCUT2D eigenvalue weighted by atomic mass is 16.1. The van der Waals surface area contributed by atoms with E-state index in [1.807, 2.05) is 32.9 Å². The van der Waals surface area contributed by atoms with E-state index in [2.05, 4.69) is 10.3 Å². The molecule has 0 bridgehead atoms. The third-order valence-corrected chi connectivity index (χ3v) is 1.94. The van der Waals surface area contributed by atoms with Crippen molar-refractivity contribution in [2.24, 2.45) is 0 Å². The summed E-state index contributed by atoms with van der Waals surface area (Å²) in [6.45, 7) is 6.34. The van der Waals surface area contributed by atoms with Crippen LogP contribution in [-0.2, 0) is 11.3 Å². The molecule has 1 heterocycles. The maximum absolute atomic E-state index is 11.0. The molecule has 1 N–H and O–H groups in total. The second-order valence-electron chi connectivity index (χ2n) is 3.41. The minimum atomic E-state index is 0. The topological polar surface area (TPSA) is 42.0 Å². The molecule has 0 aliphatic heterocycles. The largest absolute Gasteiger partial charge is 0.350 e. The third kappa shape index (κ3) is 3.17. The van der Waals surface area contributed by atoms with Crippen LogP contribution in [0.1, 0.15) is 31.7 Å². The predicted octanol–water partition coefficient (Wildman–Crippen LogP) is 1.97. The fourth-order valence-corrected chi connectivity index (χ4v) is 1.33. The number of rotatable bonds is 3. The van der Waals surface area contributed by atoms with Gasteiger partial charge in [-0.1, -0.05) is 6.92 Å². The summed E-state index contributed by atoms with van der Waals surface area (Å²) in [7, 11) is 0. The van der Waals surface area contributed by atoms with Gasteiger partial charge in [0.1, 0.15) is 0 Å². The second kappa shape index (κ2) is 4.74. The average Bonchev–Trinajstić information content (AvgIpc) is 2.12. The highest BCUT2D eigenvalue weighted by molar-refractivity contribution is 5.75. The molecule has 3 heteroatoms. The van der Waals surface area contributed by atoms with Crippen molar-refractivity contribution in [2.45, 2.75) is 33.7 Å². The molecule has 1 rings (SSSR count). The summed E-state index contributed by atoms with van der Waals surface area (Å²) in [5.41, 5.74) is 3.09. The van der Waals surface area contributed by atoms with E-state index in [0.717, 1.165) is 11.4 Å². The molecule has 1 amide bonds. The van der Waals surface area contributed by atoms with Crippen LogP contribution in [0, 0.1) is 13.8 Å². The van der Waals surface area contributed by atoms with Crippen LogP contribution >= 0.6 is 0 Å². The van der Waals surface area contributed by atoms with Gasteiger partial charge in [-0.05, 0) is 31.5 Å². The Morgan fingerprint density at radius 2 is 2.21 bits per heavy atom. The van der Waals surface area contributed by atoms with Gasteiger partial charge in [0, 0.05) is 13.5 Å². The van der Waals surface area contributed by atoms with Crippen molar-refractivity contribution in [1.29, 1.82) is 0 Å². The SMILES string of the molecule is CCC(=O)NCc1cc(C)cc(C)n1.[HH]. The van der Waals surface area contributed by atoms with Crippen LogP contribution in [0.5, 0.6) is 0 Å². The molecule has 0 fully saturated rings. The summed E-state index contributed by atoms with van der Waals surface area (Å²) in [5.74, 6) is 0.0611. The lowest BCUT2D eigenvalue weighted by molar-refractivity contribution is -0.120. The van der Waals surface area contributed by atoms with E-state index in [1.54, 1.807) is 0 Å². The van der Waals surface area contributed by atoms with Crippen LogP contribution < -0.4 is 5.32 Å². The Morgan fingerprint density at radius 1 is 1.50 bits per heavy atom. The zero-order valence-electron chi connectivity index (χ0n) is 8.92. The third-order valence-electron chi connectivity index (χ3n) is 1.94. The lowest BCUT2D eigenvalue weighted by Gasteiger charge is -2.05. The normalized spacial score (nSPS) is 9.93. The molecule has 1 aromatic heterocycles. The van der Waals surface area contributed by atoms with E-state index >= 15 is 0 Å². The first kappa shape index (κ1) is 10.7. The van der Waals surface area contributed by atoms with Gasteiger partial charge in [0.25, 0.3) is 0 Å².